The van der Waals surface area contributed by atoms with Crippen LogP contribution in [0.15, 0.2) is 27.4 Å². The van der Waals surface area contributed by atoms with Crippen LogP contribution in [0, 0.1) is 12.8 Å². The third kappa shape index (κ3) is 4.22. The van der Waals surface area contributed by atoms with E-state index in [-0.39, 0.29) is 17.5 Å². The highest BCUT2D eigenvalue weighted by Gasteiger charge is 2.44. The average molecular weight is 428 g/mol. The lowest BCUT2D eigenvalue weighted by Gasteiger charge is -2.47. The third-order valence-corrected chi connectivity index (χ3v) is 7.11. The van der Waals surface area contributed by atoms with E-state index in [2.05, 4.69) is 6.92 Å². The Morgan fingerprint density at radius 2 is 2.16 bits per heavy atom. The van der Waals surface area contributed by atoms with E-state index in [0.29, 0.717) is 30.8 Å². The van der Waals surface area contributed by atoms with Gasteiger partial charge in [-0.25, -0.2) is 4.79 Å². The van der Waals surface area contributed by atoms with Crippen LogP contribution in [0.1, 0.15) is 63.5 Å². The summed E-state index contributed by atoms with van der Waals surface area (Å²) in [6, 6.07) is 5.32. The van der Waals surface area contributed by atoms with Gasteiger partial charge in [-0.05, 0) is 57.2 Å². The molecule has 3 unspecified atom stereocenters. The number of benzene rings is 1. The molecule has 3 atom stereocenters. The van der Waals surface area contributed by atoms with Gasteiger partial charge in [0, 0.05) is 36.0 Å². The number of aryl methyl sites for hydroxylation is 2. The number of likely N-dealkylation sites (tertiary alicyclic amines) is 1. The van der Waals surface area contributed by atoms with Gasteiger partial charge >= 0.3 is 5.63 Å². The van der Waals surface area contributed by atoms with Crippen molar-refractivity contribution in [2.45, 2.75) is 77.4 Å². The SMILES string of the molecule is CCCc1cc(=O)oc2c(C)c(OC(C)C(=O)N3CCC4(O)CCCCC4C3)ccc12. The molecule has 6 heteroatoms. The summed E-state index contributed by atoms with van der Waals surface area (Å²) in [5.74, 6) is 0.643. The van der Waals surface area contributed by atoms with Crippen LogP contribution < -0.4 is 10.4 Å². The van der Waals surface area contributed by atoms with Gasteiger partial charge in [0.05, 0.1) is 5.60 Å². The molecule has 4 rings (SSSR count). The predicted molar refractivity (Wildman–Crippen MR) is 119 cm³/mol. The van der Waals surface area contributed by atoms with E-state index in [9.17, 15) is 14.7 Å². The quantitative estimate of drug-likeness (QED) is 0.730. The van der Waals surface area contributed by atoms with Crippen molar-refractivity contribution in [2.24, 2.45) is 5.92 Å². The summed E-state index contributed by atoms with van der Waals surface area (Å²) >= 11 is 0. The molecule has 2 aliphatic rings. The number of ether oxygens (including phenoxy) is 1. The second-order valence-corrected chi connectivity index (χ2v) is 9.25. The number of rotatable bonds is 5. The molecule has 1 amide bonds. The van der Waals surface area contributed by atoms with E-state index < -0.39 is 11.7 Å². The standard InChI is InChI=1S/C25H33NO5/c1-4-7-18-14-22(27)31-23-16(2)21(10-9-20(18)23)30-17(3)24(28)26-13-12-25(29)11-6-5-8-19(25)15-26/h9-10,14,17,19,29H,4-8,11-13,15H2,1-3H3. The molecule has 168 valence electrons. The Morgan fingerprint density at radius 3 is 2.94 bits per heavy atom. The zero-order valence-electron chi connectivity index (χ0n) is 18.8. The minimum atomic E-state index is -0.656. The van der Waals surface area contributed by atoms with Gasteiger partial charge in [0.25, 0.3) is 5.91 Å². The molecule has 31 heavy (non-hydrogen) atoms. The maximum Gasteiger partial charge on any atom is 0.336 e. The summed E-state index contributed by atoms with van der Waals surface area (Å²) in [5.41, 5.74) is 1.25. The van der Waals surface area contributed by atoms with Crippen molar-refractivity contribution < 1.29 is 19.1 Å². The van der Waals surface area contributed by atoms with Crippen molar-refractivity contribution in [1.82, 2.24) is 4.90 Å². The van der Waals surface area contributed by atoms with Crippen LogP contribution in [0.25, 0.3) is 11.0 Å². The molecule has 1 aliphatic carbocycles. The van der Waals surface area contributed by atoms with Gasteiger partial charge in [-0.15, -0.1) is 0 Å². The number of hydrogen-bond donors (Lipinski definition) is 1. The Kier molecular flexibility index (Phi) is 6.11. The zero-order valence-corrected chi connectivity index (χ0v) is 18.8. The third-order valence-electron chi connectivity index (χ3n) is 7.11. The number of piperidine rings is 1. The molecular formula is C25H33NO5. The van der Waals surface area contributed by atoms with Crippen molar-refractivity contribution in [3.05, 3.63) is 39.7 Å². The van der Waals surface area contributed by atoms with Gasteiger partial charge in [0.2, 0.25) is 0 Å². The summed E-state index contributed by atoms with van der Waals surface area (Å²) in [7, 11) is 0. The lowest BCUT2D eigenvalue weighted by atomic mass is 9.71. The number of fused-ring (bicyclic) bond motifs is 2. The van der Waals surface area contributed by atoms with E-state index in [0.717, 1.165) is 55.0 Å². The number of hydrogen-bond acceptors (Lipinski definition) is 5. The summed E-state index contributed by atoms with van der Waals surface area (Å²) in [4.78, 5) is 27.0. The molecule has 0 bridgehead atoms. The highest BCUT2D eigenvalue weighted by atomic mass is 16.5. The molecule has 0 radical (unpaired) electrons. The maximum absolute atomic E-state index is 13.1. The Balaban J connectivity index is 1.51. The Bertz CT molecular complexity index is 1030. The second-order valence-electron chi connectivity index (χ2n) is 9.25. The van der Waals surface area contributed by atoms with Gasteiger partial charge in [-0.2, -0.15) is 0 Å². The zero-order chi connectivity index (χ0) is 22.2. The molecular weight excluding hydrogens is 394 g/mol. The summed E-state index contributed by atoms with van der Waals surface area (Å²) in [6.45, 7) is 6.85. The number of aliphatic hydroxyl groups is 1. The van der Waals surface area contributed by atoms with Crippen LogP contribution in [0.2, 0.25) is 0 Å². The van der Waals surface area contributed by atoms with Crippen LogP contribution in [0.5, 0.6) is 5.75 Å². The van der Waals surface area contributed by atoms with Gasteiger partial charge in [-0.1, -0.05) is 26.2 Å². The fourth-order valence-corrected chi connectivity index (χ4v) is 5.28. The first kappa shape index (κ1) is 21.9. The Morgan fingerprint density at radius 1 is 1.35 bits per heavy atom. The van der Waals surface area contributed by atoms with Crippen molar-refractivity contribution >= 4 is 16.9 Å². The van der Waals surface area contributed by atoms with E-state index in [1.54, 1.807) is 13.0 Å². The summed E-state index contributed by atoms with van der Waals surface area (Å²) in [6.07, 6.45) is 5.71. The molecule has 1 aromatic carbocycles. The Hall–Kier alpha value is -2.34. The highest BCUT2D eigenvalue weighted by Crippen LogP contribution is 2.40. The van der Waals surface area contributed by atoms with Gasteiger partial charge in [0.1, 0.15) is 11.3 Å². The largest absolute Gasteiger partial charge is 0.480 e. The lowest BCUT2D eigenvalue weighted by Crippen LogP contribution is -2.56. The second kappa shape index (κ2) is 8.65. The van der Waals surface area contributed by atoms with Gasteiger partial charge < -0.3 is 19.2 Å². The molecule has 2 aromatic rings. The molecule has 1 saturated heterocycles. The predicted octanol–water partition coefficient (Wildman–Crippen LogP) is 3.97. The van der Waals surface area contributed by atoms with Crippen LogP contribution in [0.3, 0.4) is 0 Å². The topological polar surface area (TPSA) is 80.0 Å². The van der Waals surface area contributed by atoms with Crippen molar-refractivity contribution in [1.29, 1.82) is 0 Å². The van der Waals surface area contributed by atoms with Crippen LogP contribution in [-0.2, 0) is 11.2 Å². The first-order valence-electron chi connectivity index (χ1n) is 11.6. The fraction of sp³-hybridized carbons (Fsp3) is 0.600. The van der Waals surface area contributed by atoms with Crippen molar-refractivity contribution in [3.8, 4) is 5.75 Å². The van der Waals surface area contributed by atoms with E-state index in [1.165, 1.54) is 0 Å². The fourth-order valence-electron chi connectivity index (χ4n) is 5.28. The molecule has 2 heterocycles. The molecule has 2 fully saturated rings. The lowest BCUT2D eigenvalue weighted by molar-refractivity contribution is -0.149. The minimum absolute atomic E-state index is 0.0618. The minimum Gasteiger partial charge on any atom is -0.480 e. The molecule has 1 aromatic heterocycles. The Labute approximate surface area is 183 Å². The van der Waals surface area contributed by atoms with Gasteiger partial charge in [-0.3, -0.25) is 4.79 Å². The molecule has 1 N–H and O–H groups in total. The number of carbonyl (C=O) groups is 1. The summed E-state index contributed by atoms with van der Waals surface area (Å²) in [5, 5.41) is 11.8. The van der Waals surface area contributed by atoms with E-state index in [1.807, 2.05) is 24.0 Å². The van der Waals surface area contributed by atoms with E-state index >= 15 is 0 Å². The van der Waals surface area contributed by atoms with Crippen molar-refractivity contribution in [2.75, 3.05) is 13.1 Å². The molecule has 0 spiro atoms. The van der Waals surface area contributed by atoms with Crippen LogP contribution in [0.4, 0.5) is 0 Å². The maximum atomic E-state index is 13.1. The number of nitrogens with zero attached hydrogens (tertiary/aromatic N) is 1. The van der Waals surface area contributed by atoms with E-state index in [4.69, 9.17) is 9.15 Å². The first-order chi connectivity index (χ1) is 14.8. The van der Waals surface area contributed by atoms with Crippen molar-refractivity contribution in [3.63, 3.8) is 0 Å². The smallest absolute Gasteiger partial charge is 0.336 e. The van der Waals surface area contributed by atoms with Gasteiger partial charge in [0.15, 0.2) is 6.10 Å². The average Bonchev–Trinajstić information content (AvgIpc) is 2.75. The molecule has 6 nitrogen and oxygen atoms in total. The summed E-state index contributed by atoms with van der Waals surface area (Å²) < 4.78 is 11.5. The normalized spacial score (nSPS) is 24.6. The van der Waals surface area contributed by atoms with Crippen LogP contribution >= 0.6 is 0 Å². The number of amides is 1. The molecule has 1 saturated carbocycles. The monoisotopic (exact) mass is 427 g/mol. The highest BCUT2D eigenvalue weighted by molar-refractivity contribution is 5.85. The number of carbonyl (C=O) groups excluding carboxylic acids is 1. The van der Waals surface area contributed by atoms with Crippen LogP contribution in [-0.4, -0.2) is 40.7 Å². The first-order valence-corrected chi connectivity index (χ1v) is 11.6. The molecule has 1 aliphatic heterocycles.